The first-order valence-electron chi connectivity index (χ1n) is 5.41. The molecular weight excluding hydrogens is 238 g/mol. The number of para-hydroxylation sites is 1. The summed E-state index contributed by atoms with van der Waals surface area (Å²) in [7, 11) is 1.75. The predicted octanol–water partition coefficient (Wildman–Crippen LogP) is 0.250. The van der Waals surface area contributed by atoms with Gasteiger partial charge in [-0.2, -0.15) is 0 Å². The van der Waals surface area contributed by atoms with Crippen molar-refractivity contribution < 1.29 is 8.42 Å². The second-order valence-electron chi connectivity index (χ2n) is 3.70. The number of anilines is 1. The highest BCUT2D eigenvalue weighted by atomic mass is 32.2. The number of nitrogens with one attached hydrogen (secondary N) is 2. The maximum absolute atomic E-state index is 11.8. The Bertz CT molecular complexity index is 460. The average molecular weight is 257 g/mol. The molecule has 1 rings (SSSR count). The molecule has 0 radical (unpaired) electrons. The Morgan fingerprint density at radius 1 is 1.24 bits per heavy atom. The summed E-state index contributed by atoms with van der Waals surface area (Å²) in [5.74, 6) is 0. The minimum atomic E-state index is -3.41. The third kappa shape index (κ3) is 3.42. The first-order chi connectivity index (χ1) is 8.03. The molecule has 5 nitrogen and oxygen atoms in total. The van der Waals surface area contributed by atoms with Crippen LogP contribution in [0.5, 0.6) is 0 Å². The third-order valence-electron chi connectivity index (χ3n) is 2.53. The lowest BCUT2D eigenvalue weighted by Gasteiger charge is -2.21. The van der Waals surface area contributed by atoms with Crippen LogP contribution < -0.4 is 14.9 Å². The fourth-order valence-corrected chi connectivity index (χ4v) is 2.49. The predicted molar refractivity (Wildman–Crippen MR) is 69.9 cm³/mol. The summed E-state index contributed by atoms with van der Waals surface area (Å²) in [5.41, 5.74) is 0.706. The van der Waals surface area contributed by atoms with Crippen LogP contribution in [0.3, 0.4) is 0 Å². The highest BCUT2D eigenvalue weighted by Gasteiger charge is 2.17. The summed E-state index contributed by atoms with van der Waals surface area (Å²) in [4.78, 5) is 2.22. The van der Waals surface area contributed by atoms with Crippen LogP contribution in [-0.2, 0) is 10.0 Å². The molecule has 0 saturated heterocycles. The smallest absolute Gasteiger partial charge is 0.242 e. The van der Waals surface area contributed by atoms with E-state index in [9.17, 15) is 8.42 Å². The van der Waals surface area contributed by atoms with Crippen molar-refractivity contribution in [1.82, 2.24) is 10.0 Å². The molecule has 0 atom stereocenters. The van der Waals surface area contributed by atoms with Crippen LogP contribution in [0.15, 0.2) is 29.2 Å². The van der Waals surface area contributed by atoms with E-state index in [1.165, 1.54) is 7.05 Å². The molecule has 1 aromatic carbocycles. The standard InChI is InChI=1S/C11H19N3O2S/c1-12-8-9-14(3)10-6-4-5-7-11(10)17(15,16)13-2/h4-7,12-13H,8-9H2,1-3H3. The fraction of sp³-hybridized carbons (Fsp3) is 0.455. The van der Waals surface area contributed by atoms with E-state index in [1.54, 1.807) is 18.2 Å². The van der Waals surface area contributed by atoms with Gasteiger partial charge in [-0.05, 0) is 26.2 Å². The minimum Gasteiger partial charge on any atom is -0.372 e. The van der Waals surface area contributed by atoms with Gasteiger partial charge in [-0.15, -0.1) is 0 Å². The SMILES string of the molecule is CNCCN(C)c1ccccc1S(=O)(=O)NC. The van der Waals surface area contributed by atoms with E-state index in [4.69, 9.17) is 0 Å². The van der Waals surface area contributed by atoms with Crippen LogP contribution in [-0.4, -0.2) is 42.7 Å². The summed E-state index contributed by atoms with van der Waals surface area (Å²) < 4.78 is 26.0. The number of benzene rings is 1. The van der Waals surface area contributed by atoms with Gasteiger partial charge in [0, 0.05) is 20.1 Å². The third-order valence-corrected chi connectivity index (χ3v) is 3.99. The Morgan fingerprint density at radius 2 is 1.88 bits per heavy atom. The second-order valence-corrected chi connectivity index (χ2v) is 5.56. The molecule has 2 N–H and O–H groups in total. The summed E-state index contributed by atoms with van der Waals surface area (Å²) >= 11 is 0. The highest BCUT2D eigenvalue weighted by molar-refractivity contribution is 7.89. The molecule has 0 aromatic heterocycles. The first-order valence-corrected chi connectivity index (χ1v) is 6.89. The first kappa shape index (κ1) is 14.0. The second kappa shape index (κ2) is 6.00. The van der Waals surface area contributed by atoms with Crippen LogP contribution in [0.25, 0.3) is 0 Å². The van der Waals surface area contributed by atoms with Crippen molar-refractivity contribution in [3.63, 3.8) is 0 Å². The molecule has 1 aromatic rings. The molecule has 0 fully saturated rings. The number of likely N-dealkylation sites (N-methyl/N-ethyl adjacent to an activating group) is 2. The molecule has 0 heterocycles. The molecule has 0 amide bonds. The summed E-state index contributed by atoms with van der Waals surface area (Å²) in [6, 6.07) is 6.97. The number of sulfonamides is 1. The van der Waals surface area contributed by atoms with E-state index < -0.39 is 10.0 Å². The van der Waals surface area contributed by atoms with Gasteiger partial charge in [0.2, 0.25) is 10.0 Å². The van der Waals surface area contributed by atoms with E-state index in [-0.39, 0.29) is 0 Å². The average Bonchev–Trinajstić information content (AvgIpc) is 2.36. The van der Waals surface area contributed by atoms with Crippen LogP contribution in [0.1, 0.15) is 0 Å². The minimum absolute atomic E-state index is 0.307. The van der Waals surface area contributed by atoms with Gasteiger partial charge in [0.25, 0.3) is 0 Å². The molecule has 0 aliphatic carbocycles. The normalized spacial score (nSPS) is 11.5. The van der Waals surface area contributed by atoms with Crippen molar-refractivity contribution in [2.24, 2.45) is 0 Å². The summed E-state index contributed by atoms with van der Waals surface area (Å²) in [5, 5.41) is 3.03. The van der Waals surface area contributed by atoms with E-state index in [1.807, 2.05) is 25.1 Å². The van der Waals surface area contributed by atoms with Gasteiger partial charge in [0.05, 0.1) is 5.69 Å². The topological polar surface area (TPSA) is 61.4 Å². The Hall–Kier alpha value is -1.11. The lowest BCUT2D eigenvalue weighted by molar-refractivity contribution is 0.588. The van der Waals surface area contributed by atoms with Gasteiger partial charge in [-0.25, -0.2) is 13.1 Å². The molecule has 0 spiro atoms. The van der Waals surface area contributed by atoms with E-state index in [0.29, 0.717) is 10.6 Å². The Kier molecular flexibility index (Phi) is 4.92. The van der Waals surface area contributed by atoms with E-state index >= 15 is 0 Å². The number of hydrogen-bond acceptors (Lipinski definition) is 4. The van der Waals surface area contributed by atoms with Crippen LogP contribution >= 0.6 is 0 Å². The number of nitrogens with zero attached hydrogens (tertiary/aromatic N) is 1. The number of rotatable bonds is 6. The maximum Gasteiger partial charge on any atom is 0.242 e. The molecule has 6 heteroatoms. The van der Waals surface area contributed by atoms with Crippen LogP contribution in [0, 0.1) is 0 Å². The van der Waals surface area contributed by atoms with Gasteiger partial charge < -0.3 is 10.2 Å². The molecule has 0 unspecified atom stereocenters. The van der Waals surface area contributed by atoms with Gasteiger partial charge >= 0.3 is 0 Å². The summed E-state index contributed by atoms with van der Waals surface area (Å²) in [6.45, 7) is 1.54. The maximum atomic E-state index is 11.8. The van der Waals surface area contributed by atoms with Crippen molar-refractivity contribution in [3.8, 4) is 0 Å². The molecule has 0 bridgehead atoms. The van der Waals surface area contributed by atoms with Crippen molar-refractivity contribution in [3.05, 3.63) is 24.3 Å². The van der Waals surface area contributed by atoms with Crippen molar-refractivity contribution >= 4 is 15.7 Å². The van der Waals surface area contributed by atoms with E-state index in [2.05, 4.69) is 10.0 Å². The quantitative estimate of drug-likeness (QED) is 0.767. The Morgan fingerprint density at radius 3 is 2.47 bits per heavy atom. The Balaban J connectivity index is 3.08. The fourth-order valence-electron chi connectivity index (χ4n) is 1.51. The lowest BCUT2D eigenvalue weighted by atomic mass is 10.3. The number of hydrogen-bond donors (Lipinski definition) is 2. The van der Waals surface area contributed by atoms with Gasteiger partial charge in [0.15, 0.2) is 0 Å². The lowest BCUT2D eigenvalue weighted by Crippen LogP contribution is -2.29. The monoisotopic (exact) mass is 257 g/mol. The zero-order valence-corrected chi connectivity index (χ0v) is 11.2. The van der Waals surface area contributed by atoms with E-state index in [0.717, 1.165) is 13.1 Å². The van der Waals surface area contributed by atoms with Gasteiger partial charge in [-0.1, -0.05) is 12.1 Å². The molecule has 17 heavy (non-hydrogen) atoms. The van der Waals surface area contributed by atoms with Gasteiger partial charge in [0.1, 0.15) is 4.90 Å². The van der Waals surface area contributed by atoms with Crippen LogP contribution in [0.4, 0.5) is 5.69 Å². The molecule has 0 saturated carbocycles. The van der Waals surface area contributed by atoms with Gasteiger partial charge in [-0.3, -0.25) is 0 Å². The van der Waals surface area contributed by atoms with Crippen molar-refractivity contribution in [2.45, 2.75) is 4.90 Å². The Labute approximate surface area is 103 Å². The molecule has 0 aliphatic rings. The summed E-state index contributed by atoms with van der Waals surface area (Å²) in [6.07, 6.45) is 0. The molecule has 0 aliphatic heterocycles. The van der Waals surface area contributed by atoms with Crippen molar-refractivity contribution in [2.75, 3.05) is 39.1 Å². The highest BCUT2D eigenvalue weighted by Crippen LogP contribution is 2.23. The zero-order valence-electron chi connectivity index (χ0n) is 10.4. The van der Waals surface area contributed by atoms with Crippen molar-refractivity contribution in [1.29, 1.82) is 0 Å². The molecule has 96 valence electrons. The zero-order chi connectivity index (χ0) is 12.9. The largest absolute Gasteiger partial charge is 0.372 e. The molecular formula is C11H19N3O2S. The van der Waals surface area contributed by atoms with Crippen LogP contribution in [0.2, 0.25) is 0 Å².